The molecule has 16 heavy (non-hydrogen) atoms. The van der Waals surface area contributed by atoms with Gasteiger partial charge in [0.05, 0.1) is 5.02 Å². The highest BCUT2D eigenvalue weighted by atomic mass is 79.9. The van der Waals surface area contributed by atoms with E-state index in [0.717, 1.165) is 4.47 Å². The molecule has 80 valence electrons. The summed E-state index contributed by atoms with van der Waals surface area (Å²) in [6.07, 6.45) is 1.58. The molecular weight excluding hydrogens is 289 g/mol. The van der Waals surface area contributed by atoms with Crippen molar-refractivity contribution >= 4 is 33.3 Å². The molecule has 0 aliphatic carbocycles. The molecule has 2 aromatic rings. The zero-order chi connectivity index (χ0) is 11.5. The van der Waals surface area contributed by atoms with E-state index in [1.54, 1.807) is 42.6 Å². The van der Waals surface area contributed by atoms with Gasteiger partial charge in [-0.2, -0.15) is 0 Å². The Balaban J connectivity index is 2.44. The zero-order valence-electron chi connectivity index (χ0n) is 8.15. The Bertz CT molecular complexity index is 542. The Hall–Kier alpha value is -1.19. The molecule has 0 amide bonds. The van der Waals surface area contributed by atoms with Crippen LogP contribution in [0.3, 0.4) is 0 Å². The maximum atomic E-state index is 12.1. The molecule has 0 aliphatic heterocycles. The van der Waals surface area contributed by atoms with Crippen molar-refractivity contribution in [3.8, 4) is 0 Å². The normalized spacial score (nSPS) is 10.1. The van der Waals surface area contributed by atoms with E-state index < -0.39 is 0 Å². The molecule has 0 saturated heterocycles. The van der Waals surface area contributed by atoms with E-state index >= 15 is 0 Å². The first kappa shape index (κ1) is 11.3. The Morgan fingerprint density at radius 3 is 2.69 bits per heavy atom. The predicted molar refractivity (Wildman–Crippen MR) is 66.8 cm³/mol. The van der Waals surface area contributed by atoms with Gasteiger partial charge >= 0.3 is 0 Å². The second kappa shape index (κ2) is 4.76. The Labute approximate surface area is 106 Å². The Kier molecular flexibility index (Phi) is 3.36. The van der Waals surface area contributed by atoms with Crippen LogP contribution in [0.5, 0.6) is 0 Å². The summed E-state index contributed by atoms with van der Waals surface area (Å²) in [6.45, 7) is 0. The van der Waals surface area contributed by atoms with Crippen molar-refractivity contribution in [2.75, 3.05) is 0 Å². The molecule has 0 N–H and O–H groups in total. The maximum absolute atomic E-state index is 12.1. The minimum atomic E-state index is -0.174. The third-order valence-electron chi connectivity index (χ3n) is 2.07. The lowest BCUT2D eigenvalue weighted by Gasteiger charge is -2.02. The van der Waals surface area contributed by atoms with Crippen LogP contribution in [-0.2, 0) is 0 Å². The van der Waals surface area contributed by atoms with Crippen LogP contribution >= 0.6 is 27.5 Å². The summed E-state index contributed by atoms with van der Waals surface area (Å²) in [4.78, 5) is 16.1. The number of pyridine rings is 1. The van der Waals surface area contributed by atoms with E-state index in [-0.39, 0.29) is 5.78 Å². The average Bonchev–Trinajstić information content (AvgIpc) is 2.29. The molecule has 0 saturated carbocycles. The summed E-state index contributed by atoms with van der Waals surface area (Å²) in [5.74, 6) is -0.174. The fraction of sp³-hybridized carbons (Fsp3) is 0. The highest BCUT2D eigenvalue weighted by Crippen LogP contribution is 2.19. The number of benzene rings is 1. The van der Waals surface area contributed by atoms with Gasteiger partial charge in [-0.05, 0) is 24.3 Å². The van der Waals surface area contributed by atoms with Crippen LogP contribution in [0.25, 0.3) is 0 Å². The summed E-state index contributed by atoms with van der Waals surface area (Å²) in [6, 6.07) is 10.4. The number of hydrogen-bond donors (Lipinski definition) is 0. The smallest absolute Gasteiger partial charge is 0.212 e. The number of nitrogens with zero attached hydrogens (tertiary/aromatic N) is 1. The van der Waals surface area contributed by atoms with Crippen molar-refractivity contribution in [3.63, 3.8) is 0 Å². The molecule has 2 rings (SSSR count). The van der Waals surface area contributed by atoms with Gasteiger partial charge in [0.25, 0.3) is 0 Å². The summed E-state index contributed by atoms with van der Waals surface area (Å²) < 4.78 is 0.818. The van der Waals surface area contributed by atoms with E-state index in [0.29, 0.717) is 16.3 Å². The lowest BCUT2D eigenvalue weighted by Crippen LogP contribution is -2.04. The molecule has 1 aromatic heterocycles. The lowest BCUT2D eigenvalue weighted by molar-refractivity contribution is 0.103. The fourth-order valence-corrected chi connectivity index (χ4v) is 1.87. The number of hydrogen-bond acceptors (Lipinski definition) is 2. The van der Waals surface area contributed by atoms with Crippen molar-refractivity contribution in [2.24, 2.45) is 0 Å². The van der Waals surface area contributed by atoms with E-state index in [1.165, 1.54) is 0 Å². The predicted octanol–water partition coefficient (Wildman–Crippen LogP) is 3.73. The highest BCUT2D eigenvalue weighted by Gasteiger charge is 2.13. The minimum Gasteiger partial charge on any atom is -0.287 e. The molecule has 0 spiro atoms. The molecule has 2 nitrogen and oxygen atoms in total. The first-order valence-electron chi connectivity index (χ1n) is 4.59. The number of ketones is 1. The van der Waals surface area contributed by atoms with Crippen LogP contribution in [0.4, 0.5) is 0 Å². The Morgan fingerprint density at radius 1 is 1.25 bits per heavy atom. The Morgan fingerprint density at radius 2 is 2.00 bits per heavy atom. The van der Waals surface area contributed by atoms with Crippen LogP contribution in [-0.4, -0.2) is 10.8 Å². The second-order valence-corrected chi connectivity index (χ2v) is 4.49. The number of aromatic nitrogens is 1. The molecule has 4 heteroatoms. The average molecular weight is 297 g/mol. The van der Waals surface area contributed by atoms with E-state index in [1.807, 2.05) is 0 Å². The van der Waals surface area contributed by atoms with Crippen LogP contribution < -0.4 is 0 Å². The summed E-state index contributed by atoms with van der Waals surface area (Å²) in [5, 5.41) is 0.439. The van der Waals surface area contributed by atoms with Crippen LogP contribution in [0.1, 0.15) is 16.1 Å². The quantitative estimate of drug-likeness (QED) is 0.790. The van der Waals surface area contributed by atoms with E-state index in [2.05, 4.69) is 20.9 Å². The van der Waals surface area contributed by atoms with Gasteiger partial charge in [-0.3, -0.25) is 9.78 Å². The standard InChI is InChI=1S/C12H7BrClNO/c13-8-5-6-15-11(7-8)12(16)9-3-1-2-4-10(9)14/h1-7H. The highest BCUT2D eigenvalue weighted by molar-refractivity contribution is 9.10. The van der Waals surface area contributed by atoms with Gasteiger partial charge < -0.3 is 0 Å². The fourth-order valence-electron chi connectivity index (χ4n) is 1.31. The SMILES string of the molecule is O=C(c1cc(Br)ccn1)c1ccccc1Cl. The molecule has 1 aromatic carbocycles. The zero-order valence-corrected chi connectivity index (χ0v) is 10.5. The number of carbonyl (C=O) groups is 1. The van der Waals surface area contributed by atoms with Crippen LogP contribution in [0.2, 0.25) is 5.02 Å². The first-order chi connectivity index (χ1) is 7.68. The molecule has 0 atom stereocenters. The molecule has 0 bridgehead atoms. The molecule has 0 fully saturated rings. The van der Waals surface area contributed by atoms with Gasteiger partial charge in [0.15, 0.2) is 0 Å². The molecule has 0 aliphatic rings. The van der Waals surface area contributed by atoms with Crippen LogP contribution in [0.15, 0.2) is 47.1 Å². The third kappa shape index (κ3) is 2.31. The number of carbonyl (C=O) groups excluding carboxylic acids is 1. The molecule has 0 radical (unpaired) electrons. The third-order valence-corrected chi connectivity index (χ3v) is 2.90. The summed E-state index contributed by atoms with van der Waals surface area (Å²) in [7, 11) is 0. The van der Waals surface area contributed by atoms with Gasteiger partial charge in [-0.25, -0.2) is 0 Å². The van der Waals surface area contributed by atoms with Gasteiger partial charge in [0.2, 0.25) is 5.78 Å². The second-order valence-electron chi connectivity index (χ2n) is 3.17. The topological polar surface area (TPSA) is 30.0 Å². The molecular formula is C12H7BrClNO. The number of rotatable bonds is 2. The summed E-state index contributed by atoms with van der Waals surface area (Å²) in [5.41, 5.74) is 0.845. The van der Waals surface area contributed by atoms with Crippen LogP contribution in [0, 0.1) is 0 Å². The summed E-state index contributed by atoms with van der Waals surface area (Å²) >= 11 is 9.24. The monoisotopic (exact) mass is 295 g/mol. The largest absolute Gasteiger partial charge is 0.287 e. The lowest BCUT2D eigenvalue weighted by atomic mass is 10.1. The molecule has 1 heterocycles. The van der Waals surface area contributed by atoms with Crippen molar-refractivity contribution in [1.82, 2.24) is 4.98 Å². The van der Waals surface area contributed by atoms with Crippen molar-refractivity contribution in [3.05, 3.63) is 63.3 Å². The van der Waals surface area contributed by atoms with Crippen molar-refractivity contribution < 1.29 is 4.79 Å². The van der Waals surface area contributed by atoms with Gasteiger partial charge in [-0.15, -0.1) is 0 Å². The first-order valence-corrected chi connectivity index (χ1v) is 5.76. The van der Waals surface area contributed by atoms with Crippen molar-refractivity contribution in [2.45, 2.75) is 0 Å². The molecule has 0 unspecified atom stereocenters. The van der Waals surface area contributed by atoms with Gasteiger partial charge in [0, 0.05) is 16.2 Å². The number of halogens is 2. The maximum Gasteiger partial charge on any atom is 0.212 e. The minimum absolute atomic E-state index is 0.174. The van der Waals surface area contributed by atoms with E-state index in [4.69, 9.17) is 11.6 Å². The van der Waals surface area contributed by atoms with Crippen molar-refractivity contribution in [1.29, 1.82) is 0 Å². The van der Waals surface area contributed by atoms with E-state index in [9.17, 15) is 4.79 Å². The van der Waals surface area contributed by atoms with Gasteiger partial charge in [-0.1, -0.05) is 39.7 Å². The van der Waals surface area contributed by atoms with Gasteiger partial charge in [0.1, 0.15) is 5.69 Å².